The molecule has 1 aromatic rings. The summed E-state index contributed by atoms with van der Waals surface area (Å²) in [4.78, 5) is 12.9. The van der Waals surface area contributed by atoms with E-state index in [1.54, 1.807) is 4.90 Å². The number of rotatable bonds is 8. The van der Waals surface area contributed by atoms with Crippen LogP contribution >= 0.6 is 0 Å². The van der Waals surface area contributed by atoms with Crippen molar-refractivity contribution in [3.8, 4) is 0 Å². The third-order valence-corrected chi connectivity index (χ3v) is 4.44. The normalized spacial score (nSPS) is 18.5. The van der Waals surface area contributed by atoms with Gasteiger partial charge in [0.1, 0.15) is 0 Å². The van der Waals surface area contributed by atoms with Gasteiger partial charge in [0, 0.05) is 17.9 Å². The van der Waals surface area contributed by atoms with Crippen molar-refractivity contribution >= 4 is 6.41 Å². The molecule has 2 atom stereocenters. The Morgan fingerprint density at radius 1 is 1.52 bits per heavy atom. The first-order chi connectivity index (χ1) is 11.0. The van der Waals surface area contributed by atoms with Crippen molar-refractivity contribution in [1.29, 1.82) is 0 Å². The summed E-state index contributed by atoms with van der Waals surface area (Å²) in [6.07, 6.45) is 4.65. The monoisotopic (exact) mass is 313 g/mol. The lowest BCUT2D eigenvalue weighted by atomic mass is 10.0. The molecule has 0 bridgehead atoms. The largest absolute Gasteiger partial charge is 0.401 e. The summed E-state index contributed by atoms with van der Waals surface area (Å²) in [7, 11) is 0. The number of hydrogen-bond acceptors (Lipinski definition) is 3. The van der Waals surface area contributed by atoms with E-state index in [-0.39, 0.29) is 12.1 Å². The Morgan fingerprint density at radius 2 is 2.30 bits per heavy atom. The van der Waals surface area contributed by atoms with Gasteiger partial charge in [0.05, 0.1) is 12.1 Å². The van der Waals surface area contributed by atoms with E-state index in [9.17, 15) is 4.79 Å². The maximum Gasteiger partial charge on any atom is 0.210 e. The summed E-state index contributed by atoms with van der Waals surface area (Å²) < 4.78 is 0. The molecule has 1 amide bonds. The molecule has 0 aliphatic carbocycles. The number of carbonyl (C=O) groups is 1. The summed E-state index contributed by atoms with van der Waals surface area (Å²) in [6.45, 7) is 10.9. The van der Waals surface area contributed by atoms with Gasteiger partial charge in [0.15, 0.2) is 0 Å². The summed E-state index contributed by atoms with van der Waals surface area (Å²) in [6, 6.07) is 8.52. The second-order valence-electron chi connectivity index (χ2n) is 6.33. The van der Waals surface area contributed by atoms with Gasteiger partial charge in [0.2, 0.25) is 6.41 Å². The van der Waals surface area contributed by atoms with Crippen molar-refractivity contribution < 1.29 is 4.79 Å². The Labute approximate surface area is 139 Å². The van der Waals surface area contributed by atoms with Gasteiger partial charge in [-0.3, -0.25) is 4.79 Å². The van der Waals surface area contributed by atoms with Gasteiger partial charge in [-0.1, -0.05) is 43.0 Å². The molecule has 2 rings (SSSR count). The molecule has 4 nitrogen and oxygen atoms in total. The number of carbonyl (C=O) groups excluding carboxylic acids is 1. The van der Waals surface area contributed by atoms with Crippen LogP contribution < -0.4 is 11.1 Å². The maximum atomic E-state index is 11.1. The quantitative estimate of drug-likeness (QED) is 0.725. The first-order valence-electron chi connectivity index (χ1n) is 8.17. The van der Waals surface area contributed by atoms with Crippen molar-refractivity contribution in [2.45, 2.75) is 44.7 Å². The Hall–Kier alpha value is -2.23. The van der Waals surface area contributed by atoms with Crippen molar-refractivity contribution in [3.05, 3.63) is 59.9 Å². The Kier molecular flexibility index (Phi) is 5.85. The fourth-order valence-corrected chi connectivity index (χ4v) is 3.14. The molecule has 124 valence electrons. The Bertz CT molecular complexity index is 582. The van der Waals surface area contributed by atoms with Gasteiger partial charge in [-0.05, 0) is 38.2 Å². The molecule has 0 radical (unpaired) electrons. The molecule has 2 unspecified atom stereocenters. The van der Waals surface area contributed by atoms with Crippen molar-refractivity contribution in [2.75, 3.05) is 6.54 Å². The van der Waals surface area contributed by atoms with Crippen LogP contribution in [0, 0.1) is 6.92 Å². The first kappa shape index (κ1) is 17.1. The molecule has 1 aromatic carbocycles. The van der Waals surface area contributed by atoms with Crippen LogP contribution in [0.25, 0.3) is 0 Å². The highest BCUT2D eigenvalue weighted by Gasteiger charge is 2.26. The van der Waals surface area contributed by atoms with Crippen LogP contribution in [0.3, 0.4) is 0 Å². The third-order valence-electron chi connectivity index (χ3n) is 4.44. The number of aryl methyl sites for hydroxylation is 2. The summed E-state index contributed by atoms with van der Waals surface area (Å²) in [5, 5.41) is 3.39. The van der Waals surface area contributed by atoms with Crippen LogP contribution in [0.5, 0.6) is 0 Å². The number of benzene rings is 1. The maximum absolute atomic E-state index is 11.1. The van der Waals surface area contributed by atoms with Crippen LogP contribution in [-0.4, -0.2) is 29.9 Å². The average molecular weight is 313 g/mol. The van der Waals surface area contributed by atoms with Gasteiger partial charge in [-0.2, -0.15) is 0 Å². The second kappa shape index (κ2) is 7.86. The van der Waals surface area contributed by atoms with Gasteiger partial charge in [0.25, 0.3) is 0 Å². The van der Waals surface area contributed by atoms with E-state index < -0.39 is 0 Å². The van der Waals surface area contributed by atoms with Crippen LogP contribution in [-0.2, 0) is 11.2 Å². The van der Waals surface area contributed by atoms with E-state index in [1.165, 1.54) is 11.1 Å². The molecule has 1 fully saturated rings. The van der Waals surface area contributed by atoms with E-state index in [0.717, 1.165) is 44.3 Å². The fourth-order valence-electron chi connectivity index (χ4n) is 3.14. The lowest BCUT2D eigenvalue weighted by Crippen LogP contribution is -2.41. The molecule has 4 heteroatoms. The lowest BCUT2D eigenvalue weighted by Gasteiger charge is -2.28. The first-order valence-corrected chi connectivity index (χ1v) is 8.17. The molecule has 1 aliphatic heterocycles. The molecule has 0 aromatic heterocycles. The molecule has 0 saturated carbocycles. The van der Waals surface area contributed by atoms with E-state index in [1.807, 2.05) is 0 Å². The number of nitrogens with two attached hydrogens (primary N) is 1. The highest BCUT2D eigenvalue weighted by molar-refractivity contribution is 5.49. The van der Waals surface area contributed by atoms with Crippen molar-refractivity contribution in [3.63, 3.8) is 0 Å². The average Bonchev–Trinajstić information content (AvgIpc) is 2.99. The zero-order valence-corrected chi connectivity index (χ0v) is 13.9. The van der Waals surface area contributed by atoms with Crippen LogP contribution in [0.1, 0.15) is 30.4 Å². The van der Waals surface area contributed by atoms with Crippen molar-refractivity contribution in [1.82, 2.24) is 10.2 Å². The topological polar surface area (TPSA) is 58.4 Å². The summed E-state index contributed by atoms with van der Waals surface area (Å²) in [5.41, 5.74) is 9.98. The SMILES string of the molecule is C=C(N)C(CCc1cccc(C)c1)NC(=C)C1CCCN1C=O. The van der Waals surface area contributed by atoms with Gasteiger partial charge in [-0.25, -0.2) is 0 Å². The van der Waals surface area contributed by atoms with Crippen LogP contribution in [0.4, 0.5) is 0 Å². The standard InChI is InChI=1S/C19H27N3O/c1-14-6-4-7-17(12-14)9-10-18(15(2)20)21-16(3)19-8-5-11-22(19)13-23/h4,6-7,12-13,18-19,21H,2-3,5,8-11,20H2,1H3. The molecule has 1 saturated heterocycles. The minimum absolute atomic E-state index is 0.0304. The molecule has 0 spiro atoms. The predicted molar refractivity (Wildman–Crippen MR) is 94.7 cm³/mol. The lowest BCUT2D eigenvalue weighted by molar-refractivity contribution is -0.118. The Balaban J connectivity index is 1.94. The summed E-state index contributed by atoms with van der Waals surface area (Å²) in [5.74, 6) is 0. The van der Waals surface area contributed by atoms with Gasteiger partial charge in [-0.15, -0.1) is 0 Å². The molecular formula is C19H27N3O. The smallest absolute Gasteiger partial charge is 0.210 e. The molecule has 1 aliphatic rings. The molecular weight excluding hydrogens is 286 g/mol. The number of nitrogens with zero attached hydrogens (tertiary/aromatic N) is 1. The van der Waals surface area contributed by atoms with E-state index in [0.29, 0.717) is 5.70 Å². The zero-order chi connectivity index (χ0) is 16.8. The highest BCUT2D eigenvalue weighted by Crippen LogP contribution is 2.21. The number of amides is 1. The van der Waals surface area contributed by atoms with Crippen LogP contribution in [0.2, 0.25) is 0 Å². The minimum atomic E-state index is -0.0304. The minimum Gasteiger partial charge on any atom is -0.401 e. The van der Waals surface area contributed by atoms with Crippen LogP contribution in [0.15, 0.2) is 48.8 Å². The zero-order valence-electron chi connectivity index (χ0n) is 13.9. The molecule has 23 heavy (non-hydrogen) atoms. The number of likely N-dealkylation sites (tertiary alicyclic amines) is 1. The molecule has 1 heterocycles. The van der Waals surface area contributed by atoms with E-state index in [4.69, 9.17) is 5.73 Å². The van der Waals surface area contributed by atoms with Crippen molar-refractivity contribution in [2.24, 2.45) is 5.73 Å². The van der Waals surface area contributed by atoms with E-state index >= 15 is 0 Å². The Morgan fingerprint density at radius 3 is 2.96 bits per heavy atom. The van der Waals surface area contributed by atoms with Gasteiger partial charge < -0.3 is 16.0 Å². The highest BCUT2D eigenvalue weighted by atomic mass is 16.1. The number of hydrogen-bond donors (Lipinski definition) is 2. The fraction of sp³-hybridized carbons (Fsp3) is 0.421. The van der Waals surface area contributed by atoms with E-state index in [2.05, 4.69) is 49.7 Å². The summed E-state index contributed by atoms with van der Waals surface area (Å²) >= 11 is 0. The predicted octanol–water partition coefficient (Wildman–Crippen LogP) is 2.49. The number of nitrogens with one attached hydrogen (secondary N) is 1. The molecule has 3 N–H and O–H groups in total. The van der Waals surface area contributed by atoms with Gasteiger partial charge >= 0.3 is 0 Å². The third kappa shape index (κ3) is 4.62. The second-order valence-corrected chi connectivity index (χ2v) is 6.33.